The van der Waals surface area contributed by atoms with Gasteiger partial charge in [-0.1, -0.05) is 47.7 Å². The standard InChI is InChI=1S/C19H12ClF3N2O2S2/c1-25-17(27)15(29-18(25)28)8-10-2-4-11(5-3-10)16(26)24-14-9-12(19(21,22)23)6-7-13(14)20/h2-9H,1H3,(H,24,26)/b15-8-. The van der Waals surface area contributed by atoms with E-state index >= 15 is 0 Å². The SMILES string of the molecule is CN1C(=O)/C(=C/c2ccc(C(=O)Nc3cc(C(F)(F)F)ccc3Cl)cc2)SC1=S. The molecule has 1 aliphatic heterocycles. The number of alkyl halides is 3. The maximum Gasteiger partial charge on any atom is 0.416 e. The summed E-state index contributed by atoms with van der Waals surface area (Å²) in [4.78, 5) is 26.2. The van der Waals surface area contributed by atoms with Crippen molar-refractivity contribution < 1.29 is 22.8 Å². The highest BCUT2D eigenvalue weighted by Gasteiger charge is 2.31. The number of nitrogens with zero attached hydrogens (tertiary/aromatic N) is 1. The van der Waals surface area contributed by atoms with Crippen LogP contribution in [0.25, 0.3) is 6.08 Å². The molecular weight excluding hydrogens is 445 g/mol. The Morgan fingerprint density at radius 2 is 1.86 bits per heavy atom. The molecule has 10 heteroatoms. The maximum atomic E-state index is 12.8. The summed E-state index contributed by atoms with van der Waals surface area (Å²) in [6.07, 6.45) is -2.90. The van der Waals surface area contributed by atoms with E-state index in [1.54, 1.807) is 25.3 Å². The Balaban J connectivity index is 1.77. The number of likely N-dealkylation sites (N-methyl/N-ethyl adjacent to an activating group) is 1. The van der Waals surface area contributed by atoms with E-state index in [2.05, 4.69) is 5.32 Å². The van der Waals surface area contributed by atoms with Crippen molar-refractivity contribution in [3.8, 4) is 0 Å². The number of thioether (sulfide) groups is 1. The third kappa shape index (κ3) is 4.80. The summed E-state index contributed by atoms with van der Waals surface area (Å²) < 4.78 is 39.0. The Labute approximate surface area is 178 Å². The molecule has 1 aliphatic rings. The molecule has 0 radical (unpaired) electrons. The lowest BCUT2D eigenvalue weighted by Gasteiger charge is -2.11. The number of rotatable bonds is 3. The maximum absolute atomic E-state index is 12.8. The van der Waals surface area contributed by atoms with Crippen molar-refractivity contribution >= 4 is 63.5 Å². The lowest BCUT2D eigenvalue weighted by molar-refractivity contribution is -0.137. The van der Waals surface area contributed by atoms with Gasteiger partial charge in [-0.15, -0.1) is 0 Å². The quantitative estimate of drug-likeness (QED) is 0.493. The van der Waals surface area contributed by atoms with Crippen molar-refractivity contribution in [1.82, 2.24) is 4.90 Å². The molecule has 0 atom stereocenters. The fourth-order valence-electron chi connectivity index (χ4n) is 2.42. The van der Waals surface area contributed by atoms with E-state index in [4.69, 9.17) is 23.8 Å². The van der Waals surface area contributed by atoms with Gasteiger partial charge in [0.2, 0.25) is 0 Å². The molecule has 1 heterocycles. The molecule has 2 amide bonds. The van der Waals surface area contributed by atoms with Crippen LogP contribution in [-0.4, -0.2) is 28.1 Å². The number of hydrogen-bond donors (Lipinski definition) is 1. The summed E-state index contributed by atoms with van der Waals surface area (Å²) >= 11 is 12.1. The predicted molar refractivity (Wildman–Crippen MR) is 112 cm³/mol. The van der Waals surface area contributed by atoms with Crippen molar-refractivity contribution in [2.45, 2.75) is 6.18 Å². The highest BCUT2D eigenvalue weighted by Crippen LogP contribution is 2.34. The normalized spacial score (nSPS) is 15.9. The third-order valence-electron chi connectivity index (χ3n) is 4.00. The van der Waals surface area contributed by atoms with Crippen molar-refractivity contribution in [3.05, 3.63) is 69.1 Å². The molecule has 0 aromatic heterocycles. The van der Waals surface area contributed by atoms with E-state index in [0.717, 1.165) is 18.2 Å². The summed E-state index contributed by atoms with van der Waals surface area (Å²) in [6, 6.07) is 8.92. The predicted octanol–water partition coefficient (Wildman–Crippen LogP) is 5.44. The topological polar surface area (TPSA) is 49.4 Å². The van der Waals surface area contributed by atoms with Crippen LogP contribution in [0.1, 0.15) is 21.5 Å². The van der Waals surface area contributed by atoms with Crippen molar-refractivity contribution in [3.63, 3.8) is 0 Å². The van der Waals surface area contributed by atoms with Crippen LogP contribution in [0.2, 0.25) is 5.02 Å². The fourth-order valence-corrected chi connectivity index (χ4v) is 3.76. The Morgan fingerprint density at radius 1 is 1.21 bits per heavy atom. The van der Waals surface area contributed by atoms with E-state index in [1.807, 2.05) is 0 Å². The van der Waals surface area contributed by atoms with Crippen LogP contribution < -0.4 is 5.32 Å². The fraction of sp³-hybridized carbons (Fsp3) is 0.105. The minimum absolute atomic E-state index is 0.00966. The van der Waals surface area contributed by atoms with Crippen LogP contribution in [0.15, 0.2) is 47.4 Å². The average molecular weight is 457 g/mol. The highest BCUT2D eigenvalue weighted by molar-refractivity contribution is 8.26. The Kier molecular flexibility index (Phi) is 6.02. The minimum atomic E-state index is -4.55. The molecule has 1 N–H and O–H groups in total. The molecule has 0 unspecified atom stereocenters. The van der Waals surface area contributed by atoms with Gasteiger partial charge >= 0.3 is 6.18 Å². The van der Waals surface area contributed by atoms with Gasteiger partial charge in [0.1, 0.15) is 4.32 Å². The molecule has 29 heavy (non-hydrogen) atoms. The molecule has 0 spiro atoms. The van der Waals surface area contributed by atoms with Gasteiger partial charge in [-0.3, -0.25) is 14.5 Å². The second-order valence-corrected chi connectivity index (χ2v) is 8.09. The first-order valence-corrected chi connectivity index (χ1v) is 9.66. The number of carbonyl (C=O) groups excluding carboxylic acids is 2. The van der Waals surface area contributed by atoms with Gasteiger partial charge < -0.3 is 5.32 Å². The Bertz CT molecular complexity index is 1040. The first-order chi connectivity index (χ1) is 13.6. The monoisotopic (exact) mass is 456 g/mol. The highest BCUT2D eigenvalue weighted by atomic mass is 35.5. The molecule has 4 nitrogen and oxygen atoms in total. The molecule has 1 fully saturated rings. The molecular formula is C19H12ClF3N2O2S2. The second-order valence-electron chi connectivity index (χ2n) is 6.01. The number of nitrogens with one attached hydrogen (secondary N) is 1. The average Bonchev–Trinajstić information content (AvgIpc) is 2.90. The molecule has 1 saturated heterocycles. The summed E-state index contributed by atoms with van der Waals surface area (Å²) in [5.41, 5.74) is -0.158. The Hall–Kier alpha value is -2.36. The molecule has 0 aliphatic carbocycles. The van der Waals surface area contributed by atoms with Gasteiger partial charge in [0.25, 0.3) is 11.8 Å². The third-order valence-corrected chi connectivity index (χ3v) is 5.81. The van der Waals surface area contributed by atoms with Crippen molar-refractivity contribution in [2.75, 3.05) is 12.4 Å². The number of carbonyl (C=O) groups is 2. The summed E-state index contributed by atoms with van der Waals surface area (Å²) in [5.74, 6) is -0.821. The van der Waals surface area contributed by atoms with E-state index < -0.39 is 17.6 Å². The summed E-state index contributed by atoms with van der Waals surface area (Å²) in [5, 5.41) is 2.37. The minimum Gasteiger partial charge on any atom is -0.321 e. The van der Waals surface area contributed by atoms with E-state index in [9.17, 15) is 22.8 Å². The molecule has 2 aromatic carbocycles. The lowest BCUT2D eigenvalue weighted by atomic mass is 10.1. The molecule has 0 bridgehead atoms. The largest absolute Gasteiger partial charge is 0.416 e. The second kappa shape index (κ2) is 8.17. The number of anilines is 1. The van der Waals surface area contributed by atoms with Gasteiger partial charge in [-0.25, -0.2) is 0 Å². The van der Waals surface area contributed by atoms with E-state index in [1.165, 1.54) is 28.8 Å². The first-order valence-electron chi connectivity index (χ1n) is 8.06. The summed E-state index contributed by atoms with van der Waals surface area (Å²) in [7, 11) is 1.59. The zero-order valence-electron chi connectivity index (χ0n) is 14.7. The zero-order chi connectivity index (χ0) is 21.3. The van der Waals surface area contributed by atoms with Crippen LogP contribution in [-0.2, 0) is 11.0 Å². The van der Waals surface area contributed by atoms with Crippen LogP contribution in [0, 0.1) is 0 Å². The number of thiocarbonyl (C=S) groups is 1. The van der Waals surface area contributed by atoms with Crippen molar-refractivity contribution in [1.29, 1.82) is 0 Å². The molecule has 3 rings (SSSR count). The van der Waals surface area contributed by atoms with Gasteiger partial charge in [-0.05, 0) is 42.0 Å². The first kappa shape index (κ1) is 21.4. The van der Waals surface area contributed by atoms with E-state index in [-0.39, 0.29) is 22.2 Å². The number of halogens is 4. The summed E-state index contributed by atoms with van der Waals surface area (Å²) in [6.45, 7) is 0. The number of amides is 2. The van der Waals surface area contributed by atoms with Crippen LogP contribution >= 0.6 is 35.6 Å². The molecule has 2 aromatic rings. The Morgan fingerprint density at radius 3 is 2.41 bits per heavy atom. The van der Waals surface area contributed by atoms with Gasteiger partial charge in [-0.2, -0.15) is 13.2 Å². The number of benzene rings is 2. The van der Waals surface area contributed by atoms with Crippen molar-refractivity contribution in [2.24, 2.45) is 0 Å². The van der Waals surface area contributed by atoms with Crippen LogP contribution in [0.5, 0.6) is 0 Å². The number of hydrogen-bond acceptors (Lipinski definition) is 4. The van der Waals surface area contributed by atoms with E-state index in [0.29, 0.717) is 14.8 Å². The van der Waals surface area contributed by atoms with Gasteiger partial charge in [0.05, 0.1) is 21.2 Å². The molecule has 150 valence electrons. The smallest absolute Gasteiger partial charge is 0.321 e. The van der Waals surface area contributed by atoms with Gasteiger partial charge in [0, 0.05) is 12.6 Å². The van der Waals surface area contributed by atoms with Crippen LogP contribution in [0.3, 0.4) is 0 Å². The van der Waals surface area contributed by atoms with Gasteiger partial charge in [0.15, 0.2) is 0 Å². The molecule has 0 saturated carbocycles. The zero-order valence-corrected chi connectivity index (χ0v) is 17.1. The lowest BCUT2D eigenvalue weighted by Crippen LogP contribution is -2.22. The van der Waals surface area contributed by atoms with Crippen LogP contribution in [0.4, 0.5) is 18.9 Å².